The Morgan fingerprint density at radius 2 is 2.00 bits per heavy atom. The molecule has 6 nitrogen and oxygen atoms in total. The van der Waals surface area contributed by atoms with E-state index in [1.54, 1.807) is 32.9 Å². The third kappa shape index (κ3) is 3.20. The van der Waals surface area contributed by atoms with Crippen LogP contribution in [0.15, 0.2) is 17.0 Å². The highest BCUT2D eigenvalue weighted by molar-refractivity contribution is 7.92. The molecule has 0 fully saturated rings. The normalized spacial score (nSPS) is 11.5. The van der Waals surface area contributed by atoms with Gasteiger partial charge in [0.15, 0.2) is 0 Å². The maximum atomic E-state index is 12.5. The molecule has 22 heavy (non-hydrogen) atoms. The summed E-state index contributed by atoms with van der Waals surface area (Å²) in [6.45, 7) is 7.42. The minimum Gasteiger partial charge on any atom is -0.492 e. The van der Waals surface area contributed by atoms with Gasteiger partial charge in [-0.05, 0) is 45.4 Å². The first-order valence-corrected chi connectivity index (χ1v) is 8.59. The zero-order valence-electron chi connectivity index (χ0n) is 12.8. The summed E-state index contributed by atoms with van der Waals surface area (Å²) in [5.74, 6) is 0.528. The molecule has 0 unspecified atom stereocenters. The Bertz CT molecular complexity index is 780. The van der Waals surface area contributed by atoms with E-state index in [1.165, 1.54) is 0 Å². The van der Waals surface area contributed by atoms with Crippen molar-refractivity contribution in [3.8, 4) is 5.75 Å². The van der Waals surface area contributed by atoms with Crippen LogP contribution >= 0.6 is 11.6 Å². The fourth-order valence-electron chi connectivity index (χ4n) is 2.16. The minimum absolute atomic E-state index is 0.150. The van der Waals surface area contributed by atoms with E-state index in [2.05, 4.69) is 14.9 Å². The Morgan fingerprint density at radius 3 is 2.55 bits per heavy atom. The molecule has 0 atom stereocenters. The largest absolute Gasteiger partial charge is 0.492 e. The molecule has 0 spiro atoms. The molecule has 120 valence electrons. The van der Waals surface area contributed by atoms with Gasteiger partial charge in [0, 0.05) is 0 Å². The number of aromatic nitrogens is 2. The van der Waals surface area contributed by atoms with Crippen molar-refractivity contribution in [2.75, 3.05) is 11.3 Å². The van der Waals surface area contributed by atoms with Crippen LogP contribution in [0.1, 0.15) is 23.9 Å². The number of aromatic amines is 1. The van der Waals surface area contributed by atoms with E-state index in [0.717, 1.165) is 5.56 Å². The summed E-state index contributed by atoms with van der Waals surface area (Å²) in [7, 11) is -3.74. The van der Waals surface area contributed by atoms with E-state index in [4.69, 9.17) is 16.3 Å². The van der Waals surface area contributed by atoms with E-state index in [-0.39, 0.29) is 4.90 Å². The molecule has 0 amide bonds. The van der Waals surface area contributed by atoms with Gasteiger partial charge in [-0.25, -0.2) is 8.42 Å². The summed E-state index contributed by atoms with van der Waals surface area (Å²) in [5, 5.41) is 6.93. The Kier molecular flexibility index (Phi) is 4.67. The van der Waals surface area contributed by atoms with Crippen molar-refractivity contribution in [3.63, 3.8) is 0 Å². The standard InChI is InChI=1S/C14H18ClN3O3S/c1-5-21-13-6-8(2)12(7-11(13)15)18-22(19,20)14-9(3)16-17-10(14)4/h6-7,18H,5H2,1-4H3,(H,16,17). The lowest BCUT2D eigenvalue weighted by Gasteiger charge is -2.13. The third-order valence-corrected chi connectivity index (χ3v) is 5.08. The predicted molar refractivity (Wildman–Crippen MR) is 86.2 cm³/mol. The fourth-order valence-corrected chi connectivity index (χ4v) is 3.88. The number of hydrogen-bond donors (Lipinski definition) is 2. The lowest BCUT2D eigenvalue weighted by atomic mass is 10.2. The van der Waals surface area contributed by atoms with Crippen molar-refractivity contribution >= 4 is 27.3 Å². The molecule has 2 N–H and O–H groups in total. The molecule has 0 bridgehead atoms. The molecule has 0 saturated carbocycles. The van der Waals surface area contributed by atoms with Crippen molar-refractivity contribution in [2.45, 2.75) is 32.6 Å². The van der Waals surface area contributed by atoms with Gasteiger partial charge in [-0.15, -0.1) is 0 Å². The number of nitrogens with zero attached hydrogens (tertiary/aromatic N) is 1. The molecule has 1 heterocycles. The fraction of sp³-hybridized carbons (Fsp3) is 0.357. The smallest absolute Gasteiger partial charge is 0.265 e. The number of ether oxygens (including phenoxy) is 1. The van der Waals surface area contributed by atoms with Crippen molar-refractivity contribution in [1.29, 1.82) is 0 Å². The first-order chi connectivity index (χ1) is 10.3. The highest BCUT2D eigenvalue weighted by atomic mass is 35.5. The van der Waals surface area contributed by atoms with E-state index in [0.29, 0.717) is 34.5 Å². The molecule has 1 aromatic carbocycles. The van der Waals surface area contributed by atoms with Gasteiger partial charge in [0.25, 0.3) is 10.0 Å². The first kappa shape index (κ1) is 16.6. The van der Waals surface area contributed by atoms with Gasteiger partial charge >= 0.3 is 0 Å². The van der Waals surface area contributed by atoms with Gasteiger partial charge in [-0.2, -0.15) is 5.10 Å². The van der Waals surface area contributed by atoms with Crippen molar-refractivity contribution in [2.24, 2.45) is 0 Å². The molecule has 0 saturated heterocycles. The van der Waals surface area contributed by atoms with Crippen LogP contribution in [0.5, 0.6) is 5.75 Å². The molecule has 8 heteroatoms. The second kappa shape index (κ2) is 6.18. The average Bonchev–Trinajstić information content (AvgIpc) is 2.75. The van der Waals surface area contributed by atoms with Gasteiger partial charge in [0.2, 0.25) is 0 Å². The number of H-pyrrole nitrogens is 1. The lowest BCUT2D eigenvalue weighted by Crippen LogP contribution is -2.15. The Balaban J connectivity index is 2.41. The SMILES string of the molecule is CCOc1cc(C)c(NS(=O)(=O)c2c(C)n[nH]c2C)cc1Cl. The van der Waals surface area contributed by atoms with Gasteiger partial charge in [0.05, 0.1) is 28.7 Å². The number of aryl methyl sites for hydroxylation is 3. The van der Waals surface area contributed by atoms with Crippen LogP contribution in [0.4, 0.5) is 5.69 Å². The molecular formula is C14H18ClN3O3S. The first-order valence-electron chi connectivity index (χ1n) is 6.73. The van der Waals surface area contributed by atoms with Crippen LogP contribution in [0.25, 0.3) is 0 Å². The summed E-state index contributed by atoms with van der Waals surface area (Å²) < 4.78 is 33.0. The van der Waals surface area contributed by atoms with E-state index in [1.807, 2.05) is 6.92 Å². The molecule has 1 aromatic heterocycles. The number of hydrogen-bond acceptors (Lipinski definition) is 4. The van der Waals surface area contributed by atoms with Crippen LogP contribution < -0.4 is 9.46 Å². The second-order valence-electron chi connectivity index (χ2n) is 4.90. The molecule has 0 aliphatic rings. The van der Waals surface area contributed by atoms with Crippen molar-refractivity contribution in [1.82, 2.24) is 10.2 Å². The second-order valence-corrected chi connectivity index (χ2v) is 6.93. The molecule has 2 aromatic rings. The van der Waals surface area contributed by atoms with Gasteiger partial charge in [-0.1, -0.05) is 11.6 Å². The molecule has 0 radical (unpaired) electrons. The monoisotopic (exact) mass is 343 g/mol. The van der Waals surface area contributed by atoms with Gasteiger partial charge in [-0.3, -0.25) is 9.82 Å². The molecule has 2 rings (SSSR count). The number of rotatable bonds is 5. The average molecular weight is 344 g/mol. The highest BCUT2D eigenvalue weighted by Gasteiger charge is 2.23. The zero-order valence-corrected chi connectivity index (χ0v) is 14.4. The number of benzene rings is 1. The quantitative estimate of drug-likeness (QED) is 0.873. The Morgan fingerprint density at radius 1 is 1.32 bits per heavy atom. The summed E-state index contributed by atoms with van der Waals surface area (Å²) >= 11 is 6.12. The van der Waals surface area contributed by atoms with Gasteiger partial charge < -0.3 is 4.74 Å². The Labute approximate surface area is 134 Å². The van der Waals surface area contributed by atoms with Crippen LogP contribution in [0, 0.1) is 20.8 Å². The van der Waals surface area contributed by atoms with E-state index >= 15 is 0 Å². The summed E-state index contributed by atoms with van der Waals surface area (Å²) in [6.07, 6.45) is 0. The number of sulfonamides is 1. The third-order valence-electron chi connectivity index (χ3n) is 3.15. The van der Waals surface area contributed by atoms with Crippen molar-refractivity contribution < 1.29 is 13.2 Å². The number of nitrogens with one attached hydrogen (secondary N) is 2. The lowest BCUT2D eigenvalue weighted by molar-refractivity contribution is 0.340. The zero-order chi connectivity index (χ0) is 16.5. The maximum Gasteiger partial charge on any atom is 0.265 e. The van der Waals surface area contributed by atoms with Crippen LogP contribution in [0.3, 0.4) is 0 Å². The summed E-state index contributed by atoms with van der Waals surface area (Å²) in [6, 6.07) is 3.25. The van der Waals surface area contributed by atoms with E-state index < -0.39 is 10.0 Å². The predicted octanol–water partition coefficient (Wildman–Crippen LogP) is 3.19. The molecule has 0 aliphatic carbocycles. The highest BCUT2D eigenvalue weighted by Crippen LogP contribution is 2.32. The van der Waals surface area contributed by atoms with Gasteiger partial charge in [0.1, 0.15) is 10.6 Å². The maximum absolute atomic E-state index is 12.5. The summed E-state index contributed by atoms with van der Waals surface area (Å²) in [5.41, 5.74) is 2.03. The van der Waals surface area contributed by atoms with Crippen molar-refractivity contribution in [3.05, 3.63) is 34.1 Å². The summed E-state index contributed by atoms with van der Waals surface area (Å²) in [4.78, 5) is 0.150. The topological polar surface area (TPSA) is 84.1 Å². The van der Waals surface area contributed by atoms with Crippen LogP contribution in [0.2, 0.25) is 5.02 Å². The number of anilines is 1. The van der Waals surface area contributed by atoms with Crippen LogP contribution in [-0.4, -0.2) is 25.2 Å². The molecular weight excluding hydrogens is 326 g/mol. The minimum atomic E-state index is -3.74. The molecule has 0 aliphatic heterocycles. The number of halogens is 1. The van der Waals surface area contributed by atoms with E-state index in [9.17, 15) is 8.42 Å². The van der Waals surface area contributed by atoms with Crippen LogP contribution in [-0.2, 0) is 10.0 Å². The Hall–Kier alpha value is -1.73.